The topological polar surface area (TPSA) is 85.3 Å². The first-order chi connectivity index (χ1) is 12.5. The first kappa shape index (κ1) is 15.8. The summed E-state index contributed by atoms with van der Waals surface area (Å²) in [5.41, 5.74) is 2.61. The molecule has 2 aromatic heterocycles. The van der Waals surface area contributed by atoms with Gasteiger partial charge in [-0.25, -0.2) is 9.78 Å². The first-order valence-corrected chi connectivity index (χ1v) is 7.94. The van der Waals surface area contributed by atoms with Gasteiger partial charge in [-0.2, -0.15) is 0 Å². The number of aromatic nitrogens is 2. The number of carboxylic acids is 1. The average Bonchev–Trinajstić information content (AvgIpc) is 3.27. The lowest BCUT2D eigenvalue weighted by molar-refractivity contribution is 0.0663. The molecule has 0 aliphatic rings. The van der Waals surface area contributed by atoms with Gasteiger partial charge in [0, 0.05) is 18.2 Å². The molecule has 0 aliphatic carbocycles. The molecule has 6 nitrogen and oxygen atoms in total. The van der Waals surface area contributed by atoms with Crippen molar-refractivity contribution < 1.29 is 19.1 Å². The Labute approximate surface area is 148 Å². The summed E-state index contributed by atoms with van der Waals surface area (Å²) in [7, 11) is 1.81. The largest absolute Gasteiger partial charge is 0.475 e. The lowest BCUT2D eigenvalue weighted by Crippen LogP contribution is -2.00. The van der Waals surface area contributed by atoms with Crippen LogP contribution in [0.5, 0.6) is 0 Å². The molecule has 0 saturated heterocycles. The number of benzene rings is 2. The van der Waals surface area contributed by atoms with E-state index in [0.717, 1.165) is 5.52 Å². The summed E-state index contributed by atoms with van der Waals surface area (Å²) in [5.74, 6) is -0.502. The molecule has 0 unspecified atom stereocenters. The SMILES string of the molecule is Cn1c(-c2ccc(C(=O)O)o2)nc2cc(C(=O)c3ccccc3)ccc21. The van der Waals surface area contributed by atoms with Gasteiger partial charge in [-0.05, 0) is 30.3 Å². The molecule has 0 spiro atoms. The molecule has 0 amide bonds. The van der Waals surface area contributed by atoms with Crippen LogP contribution in [0, 0.1) is 0 Å². The quantitative estimate of drug-likeness (QED) is 0.569. The third-order valence-electron chi connectivity index (χ3n) is 4.22. The van der Waals surface area contributed by atoms with Crippen molar-refractivity contribution >= 4 is 22.8 Å². The van der Waals surface area contributed by atoms with Crippen molar-refractivity contribution in [2.75, 3.05) is 0 Å². The van der Waals surface area contributed by atoms with Crippen LogP contribution >= 0.6 is 0 Å². The molecule has 0 fully saturated rings. The lowest BCUT2D eigenvalue weighted by Gasteiger charge is -2.02. The van der Waals surface area contributed by atoms with E-state index in [1.807, 2.05) is 31.3 Å². The van der Waals surface area contributed by atoms with Gasteiger partial charge < -0.3 is 14.1 Å². The van der Waals surface area contributed by atoms with E-state index in [2.05, 4.69) is 4.98 Å². The van der Waals surface area contributed by atoms with Crippen LogP contribution in [0.1, 0.15) is 26.5 Å². The summed E-state index contributed by atoms with van der Waals surface area (Å²) in [4.78, 5) is 28.1. The molecule has 0 atom stereocenters. The number of hydrogen-bond donors (Lipinski definition) is 1. The number of carbonyl (C=O) groups excluding carboxylic acids is 1. The predicted octanol–water partition coefficient (Wildman–Crippen LogP) is 3.76. The van der Waals surface area contributed by atoms with Crippen LogP contribution in [0.25, 0.3) is 22.6 Å². The highest BCUT2D eigenvalue weighted by Crippen LogP contribution is 2.26. The van der Waals surface area contributed by atoms with Crippen LogP contribution in [0.2, 0.25) is 0 Å². The van der Waals surface area contributed by atoms with Gasteiger partial charge in [0.1, 0.15) is 0 Å². The van der Waals surface area contributed by atoms with Gasteiger partial charge in [-0.15, -0.1) is 0 Å². The van der Waals surface area contributed by atoms with Crippen molar-refractivity contribution in [1.82, 2.24) is 9.55 Å². The van der Waals surface area contributed by atoms with Gasteiger partial charge in [0.25, 0.3) is 0 Å². The van der Waals surface area contributed by atoms with Crippen LogP contribution in [-0.4, -0.2) is 26.4 Å². The number of carboxylic acid groups (broad SMARTS) is 1. The van der Waals surface area contributed by atoms with E-state index in [1.165, 1.54) is 6.07 Å². The number of nitrogens with zero attached hydrogens (tertiary/aromatic N) is 2. The monoisotopic (exact) mass is 346 g/mol. The summed E-state index contributed by atoms with van der Waals surface area (Å²) in [6, 6.07) is 17.3. The molecule has 128 valence electrons. The summed E-state index contributed by atoms with van der Waals surface area (Å²) < 4.78 is 7.14. The Bertz CT molecular complexity index is 1140. The normalized spacial score (nSPS) is 11.0. The van der Waals surface area contributed by atoms with Crippen LogP contribution in [0.3, 0.4) is 0 Å². The summed E-state index contributed by atoms with van der Waals surface area (Å²) in [5, 5.41) is 9.00. The number of rotatable bonds is 4. The highest BCUT2D eigenvalue weighted by atomic mass is 16.4. The number of carbonyl (C=O) groups is 2. The zero-order chi connectivity index (χ0) is 18.3. The van der Waals surface area contributed by atoms with Gasteiger partial charge in [0.05, 0.1) is 11.0 Å². The number of imidazole rings is 1. The molecular formula is C20H14N2O4. The zero-order valence-corrected chi connectivity index (χ0v) is 13.8. The van der Waals surface area contributed by atoms with Crippen molar-refractivity contribution in [3.63, 3.8) is 0 Å². The molecule has 26 heavy (non-hydrogen) atoms. The minimum atomic E-state index is -1.13. The zero-order valence-electron chi connectivity index (χ0n) is 13.8. The Balaban J connectivity index is 1.77. The maximum atomic E-state index is 12.6. The van der Waals surface area contributed by atoms with Crippen LogP contribution in [0.4, 0.5) is 0 Å². The highest BCUT2D eigenvalue weighted by Gasteiger charge is 2.17. The minimum absolute atomic E-state index is 0.0779. The van der Waals surface area contributed by atoms with E-state index in [-0.39, 0.29) is 11.5 Å². The molecule has 4 rings (SSSR count). The van der Waals surface area contributed by atoms with Gasteiger partial charge in [0.2, 0.25) is 5.76 Å². The fraction of sp³-hybridized carbons (Fsp3) is 0.0500. The Morgan fingerprint density at radius 2 is 1.77 bits per heavy atom. The number of hydrogen-bond acceptors (Lipinski definition) is 4. The number of ketones is 1. The maximum Gasteiger partial charge on any atom is 0.371 e. The van der Waals surface area contributed by atoms with E-state index in [9.17, 15) is 9.59 Å². The van der Waals surface area contributed by atoms with Crippen molar-refractivity contribution in [3.05, 3.63) is 77.6 Å². The Morgan fingerprint density at radius 1 is 1.00 bits per heavy atom. The van der Waals surface area contributed by atoms with E-state index < -0.39 is 5.97 Å². The van der Waals surface area contributed by atoms with Crippen LogP contribution < -0.4 is 0 Å². The molecule has 6 heteroatoms. The second-order valence-electron chi connectivity index (χ2n) is 5.86. The Kier molecular flexibility index (Phi) is 3.65. The lowest BCUT2D eigenvalue weighted by atomic mass is 10.0. The van der Waals surface area contributed by atoms with E-state index in [0.29, 0.717) is 28.2 Å². The standard InChI is InChI=1S/C20H14N2O4/c1-22-15-8-7-13(18(23)12-5-3-2-4-6-12)11-14(15)21-19(22)16-9-10-17(26-16)20(24)25/h2-11H,1H3,(H,24,25). The minimum Gasteiger partial charge on any atom is -0.475 e. The fourth-order valence-electron chi connectivity index (χ4n) is 2.89. The molecule has 0 saturated carbocycles. The van der Waals surface area contributed by atoms with E-state index in [1.54, 1.807) is 34.9 Å². The molecule has 1 N–H and O–H groups in total. The molecule has 0 aliphatic heterocycles. The van der Waals surface area contributed by atoms with Crippen molar-refractivity contribution in [2.45, 2.75) is 0 Å². The molecule has 0 radical (unpaired) electrons. The van der Waals surface area contributed by atoms with Gasteiger partial charge in [-0.3, -0.25) is 4.79 Å². The second kappa shape index (κ2) is 6.00. The molecule has 4 aromatic rings. The van der Waals surface area contributed by atoms with Crippen molar-refractivity contribution in [3.8, 4) is 11.6 Å². The van der Waals surface area contributed by atoms with E-state index in [4.69, 9.17) is 9.52 Å². The molecule has 2 heterocycles. The van der Waals surface area contributed by atoms with Crippen molar-refractivity contribution in [1.29, 1.82) is 0 Å². The highest BCUT2D eigenvalue weighted by molar-refractivity contribution is 6.10. The molecule has 0 bridgehead atoms. The van der Waals surface area contributed by atoms with Gasteiger partial charge in [-0.1, -0.05) is 30.3 Å². The third kappa shape index (κ3) is 2.57. The smallest absolute Gasteiger partial charge is 0.371 e. The summed E-state index contributed by atoms with van der Waals surface area (Å²) in [6.45, 7) is 0. The molecular weight excluding hydrogens is 332 g/mol. The fourth-order valence-corrected chi connectivity index (χ4v) is 2.89. The Morgan fingerprint density at radius 3 is 2.46 bits per heavy atom. The predicted molar refractivity (Wildman–Crippen MR) is 95.2 cm³/mol. The maximum absolute atomic E-state index is 12.6. The molecule has 2 aromatic carbocycles. The summed E-state index contributed by atoms with van der Waals surface area (Å²) in [6.07, 6.45) is 0. The number of aryl methyl sites for hydroxylation is 1. The summed E-state index contributed by atoms with van der Waals surface area (Å²) >= 11 is 0. The average molecular weight is 346 g/mol. The third-order valence-corrected chi connectivity index (χ3v) is 4.22. The van der Waals surface area contributed by atoms with E-state index >= 15 is 0 Å². The van der Waals surface area contributed by atoms with Gasteiger partial charge >= 0.3 is 5.97 Å². The van der Waals surface area contributed by atoms with Gasteiger partial charge in [0.15, 0.2) is 17.4 Å². The van der Waals surface area contributed by atoms with Crippen LogP contribution in [0.15, 0.2) is 65.1 Å². The number of fused-ring (bicyclic) bond motifs is 1. The van der Waals surface area contributed by atoms with Crippen molar-refractivity contribution in [2.24, 2.45) is 7.05 Å². The Hall–Kier alpha value is -3.67. The number of furan rings is 1. The second-order valence-corrected chi connectivity index (χ2v) is 5.86. The van der Waals surface area contributed by atoms with Crippen LogP contribution in [-0.2, 0) is 7.05 Å². The first-order valence-electron chi connectivity index (χ1n) is 7.94. The number of aromatic carboxylic acids is 1.